The van der Waals surface area contributed by atoms with Crippen LogP contribution in [0.1, 0.15) is 16.8 Å². The van der Waals surface area contributed by atoms with Crippen molar-refractivity contribution in [1.29, 1.82) is 0 Å². The van der Waals surface area contributed by atoms with Gasteiger partial charge in [-0.2, -0.15) is 0 Å². The van der Waals surface area contributed by atoms with Gasteiger partial charge in [0.2, 0.25) is 0 Å². The number of carbonyl (C=O) groups excluding carboxylic acids is 1. The van der Waals surface area contributed by atoms with E-state index < -0.39 is 0 Å². The summed E-state index contributed by atoms with van der Waals surface area (Å²) in [4.78, 5) is 13.7. The van der Waals surface area contributed by atoms with Crippen molar-refractivity contribution in [2.75, 3.05) is 46.1 Å². The monoisotopic (exact) mass is 313 g/mol. The average molecular weight is 314 g/mol. The van der Waals surface area contributed by atoms with Gasteiger partial charge in [-0.05, 0) is 18.2 Å². The number of ketones is 1. The van der Waals surface area contributed by atoms with E-state index in [1.165, 1.54) is 4.90 Å². The van der Waals surface area contributed by atoms with Gasteiger partial charge in [0.1, 0.15) is 26.3 Å². The van der Waals surface area contributed by atoms with Gasteiger partial charge in [0.15, 0.2) is 17.3 Å². The Bertz CT molecular complexity index is 489. The van der Waals surface area contributed by atoms with E-state index in [1.807, 2.05) is 12.1 Å². The second-order valence-corrected chi connectivity index (χ2v) is 5.14. The van der Waals surface area contributed by atoms with Crippen LogP contribution < -0.4 is 26.8 Å². The van der Waals surface area contributed by atoms with Crippen LogP contribution >= 0.6 is 0 Å². The van der Waals surface area contributed by atoms with Crippen LogP contribution in [-0.2, 0) is 4.74 Å². The first-order valence-corrected chi connectivity index (χ1v) is 7.17. The summed E-state index contributed by atoms with van der Waals surface area (Å²) in [5.74, 6) is 1.58. The third kappa shape index (κ3) is 4.09. The zero-order valence-electron chi connectivity index (χ0n) is 11.9. The number of nitrogens with one attached hydrogen (secondary N) is 1. The number of halogens is 1. The first-order chi connectivity index (χ1) is 9.83. The molecule has 116 valence electrons. The normalized spacial score (nSPS) is 17.9. The molecule has 2 aliphatic heterocycles. The molecule has 1 N–H and O–H groups in total. The maximum absolute atomic E-state index is 12.2. The number of benzene rings is 1. The summed E-state index contributed by atoms with van der Waals surface area (Å²) in [7, 11) is 0. The number of quaternary nitrogens is 1. The van der Waals surface area contributed by atoms with Crippen LogP contribution in [-0.4, -0.2) is 51.8 Å². The van der Waals surface area contributed by atoms with Gasteiger partial charge in [0, 0.05) is 5.56 Å². The molecule has 0 amide bonds. The number of Topliss-reactive ketones (excluding diaryl/α,β-unsaturated/α-hetero) is 1. The minimum Gasteiger partial charge on any atom is -1.00 e. The minimum absolute atomic E-state index is 0. The van der Waals surface area contributed by atoms with Crippen LogP contribution in [0.4, 0.5) is 0 Å². The molecule has 1 aromatic rings. The van der Waals surface area contributed by atoms with E-state index in [4.69, 9.17) is 14.2 Å². The number of rotatable bonds is 4. The van der Waals surface area contributed by atoms with Crippen LogP contribution in [0.25, 0.3) is 0 Å². The lowest BCUT2D eigenvalue weighted by Gasteiger charge is -2.23. The zero-order chi connectivity index (χ0) is 13.8. The molecule has 0 saturated carbocycles. The molecule has 6 heteroatoms. The van der Waals surface area contributed by atoms with Gasteiger partial charge < -0.3 is 31.5 Å². The lowest BCUT2D eigenvalue weighted by atomic mass is 10.1. The van der Waals surface area contributed by atoms with Crippen LogP contribution in [0.5, 0.6) is 11.5 Å². The topological polar surface area (TPSA) is 49.2 Å². The van der Waals surface area contributed by atoms with Gasteiger partial charge >= 0.3 is 0 Å². The van der Waals surface area contributed by atoms with Gasteiger partial charge in [-0.1, -0.05) is 0 Å². The highest BCUT2D eigenvalue weighted by Gasteiger charge is 2.18. The summed E-state index contributed by atoms with van der Waals surface area (Å²) in [5, 5.41) is 0. The highest BCUT2D eigenvalue weighted by molar-refractivity contribution is 5.96. The molecule has 1 saturated heterocycles. The molecule has 2 heterocycles. The predicted octanol–water partition coefficient (Wildman–Crippen LogP) is -3.05. The van der Waals surface area contributed by atoms with Crippen molar-refractivity contribution < 1.29 is 36.3 Å². The molecule has 5 nitrogen and oxygen atoms in total. The van der Waals surface area contributed by atoms with Crippen molar-refractivity contribution in [2.45, 2.75) is 6.42 Å². The quantitative estimate of drug-likeness (QED) is 0.600. The molecule has 0 unspecified atom stereocenters. The van der Waals surface area contributed by atoms with E-state index in [2.05, 4.69) is 0 Å². The Morgan fingerprint density at radius 1 is 1.05 bits per heavy atom. The zero-order valence-corrected chi connectivity index (χ0v) is 12.7. The van der Waals surface area contributed by atoms with Crippen molar-refractivity contribution in [2.24, 2.45) is 0 Å². The smallest absolute Gasteiger partial charge is 0.168 e. The standard InChI is InChI=1S/C15H19NO4.ClH/c17-13(3-4-16-5-7-18-8-6-16)12-1-2-14-15(11-12)20-10-9-19-14;/h1-2,11H,3-10H2;1H. The van der Waals surface area contributed by atoms with Crippen molar-refractivity contribution in [3.05, 3.63) is 23.8 Å². The summed E-state index contributed by atoms with van der Waals surface area (Å²) in [6.45, 7) is 5.57. The Labute approximate surface area is 130 Å². The van der Waals surface area contributed by atoms with E-state index in [0.29, 0.717) is 30.9 Å². The molecule has 3 rings (SSSR count). The van der Waals surface area contributed by atoms with Gasteiger partial charge in [-0.3, -0.25) is 4.79 Å². The Morgan fingerprint density at radius 2 is 1.76 bits per heavy atom. The maximum Gasteiger partial charge on any atom is 0.168 e. The molecular weight excluding hydrogens is 294 g/mol. The fraction of sp³-hybridized carbons (Fsp3) is 0.533. The van der Waals surface area contributed by atoms with E-state index >= 15 is 0 Å². The van der Waals surface area contributed by atoms with E-state index in [1.54, 1.807) is 6.07 Å². The van der Waals surface area contributed by atoms with Gasteiger partial charge in [-0.25, -0.2) is 0 Å². The van der Waals surface area contributed by atoms with Crippen LogP contribution in [0.2, 0.25) is 0 Å². The number of hydrogen-bond acceptors (Lipinski definition) is 4. The molecule has 0 spiro atoms. The molecule has 0 atom stereocenters. The second kappa shape index (κ2) is 7.64. The number of fused-ring (bicyclic) bond motifs is 1. The lowest BCUT2D eigenvalue weighted by molar-refractivity contribution is -0.907. The first-order valence-electron chi connectivity index (χ1n) is 7.17. The Kier molecular flexibility index (Phi) is 5.85. The summed E-state index contributed by atoms with van der Waals surface area (Å²) in [6, 6.07) is 5.44. The molecule has 2 aliphatic rings. The Morgan fingerprint density at radius 3 is 2.52 bits per heavy atom. The third-order valence-corrected chi connectivity index (χ3v) is 3.77. The maximum atomic E-state index is 12.2. The number of carbonyl (C=O) groups is 1. The number of morpholine rings is 1. The second-order valence-electron chi connectivity index (χ2n) is 5.14. The van der Waals surface area contributed by atoms with Crippen molar-refractivity contribution >= 4 is 5.78 Å². The molecule has 0 aliphatic carbocycles. The van der Waals surface area contributed by atoms with E-state index in [9.17, 15) is 4.79 Å². The van der Waals surface area contributed by atoms with Crippen molar-refractivity contribution in [1.82, 2.24) is 0 Å². The minimum atomic E-state index is 0. The van der Waals surface area contributed by atoms with E-state index in [-0.39, 0.29) is 18.2 Å². The fourth-order valence-corrected chi connectivity index (χ4v) is 2.56. The Hall–Kier alpha value is -1.30. The van der Waals surface area contributed by atoms with Crippen molar-refractivity contribution in [3.63, 3.8) is 0 Å². The fourth-order valence-electron chi connectivity index (χ4n) is 2.56. The molecule has 0 radical (unpaired) electrons. The number of hydrogen-bond donors (Lipinski definition) is 1. The molecule has 1 fully saturated rings. The highest BCUT2D eigenvalue weighted by Crippen LogP contribution is 2.30. The molecular formula is C15H20ClNO4. The molecule has 0 bridgehead atoms. The summed E-state index contributed by atoms with van der Waals surface area (Å²) in [6.07, 6.45) is 0.564. The van der Waals surface area contributed by atoms with Crippen molar-refractivity contribution in [3.8, 4) is 11.5 Å². The Balaban J connectivity index is 0.00000161. The summed E-state index contributed by atoms with van der Waals surface area (Å²) < 4.78 is 16.3. The summed E-state index contributed by atoms with van der Waals surface area (Å²) in [5.41, 5.74) is 0.710. The summed E-state index contributed by atoms with van der Waals surface area (Å²) >= 11 is 0. The van der Waals surface area contributed by atoms with Gasteiger partial charge in [-0.15, -0.1) is 0 Å². The largest absolute Gasteiger partial charge is 1.00 e. The van der Waals surface area contributed by atoms with Crippen LogP contribution in [0, 0.1) is 0 Å². The first kappa shape index (κ1) is 16.1. The van der Waals surface area contributed by atoms with Crippen LogP contribution in [0.3, 0.4) is 0 Å². The van der Waals surface area contributed by atoms with Gasteiger partial charge in [0.05, 0.1) is 26.2 Å². The number of ether oxygens (including phenoxy) is 3. The third-order valence-electron chi connectivity index (χ3n) is 3.77. The SMILES string of the molecule is O=C(CC[NH+]1CCOCC1)c1ccc2c(c1)OCCO2.[Cl-]. The van der Waals surface area contributed by atoms with E-state index in [0.717, 1.165) is 38.6 Å². The lowest BCUT2D eigenvalue weighted by Crippen LogP contribution is -3.14. The molecule has 0 aromatic heterocycles. The molecule has 21 heavy (non-hydrogen) atoms. The molecule has 1 aromatic carbocycles. The van der Waals surface area contributed by atoms with Crippen LogP contribution in [0.15, 0.2) is 18.2 Å². The average Bonchev–Trinajstić information content (AvgIpc) is 2.53. The highest BCUT2D eigenvalue weighted by atomic mass is 35.5. The van der Waals surface area contributed by atoms with Gasteiger partial charge in [0.25, 0.3) is 0 Å². The predicted molar refractivity (Wildman–Crippen MR) is 72.8 cm³/mol.